The zero-order chi connectivity index (χ0) is 11.6. The van der Waals surface area contributed by atoms with Crippen LogP contribution in [0.1, 0.15) is 26.7 Å². The Morgan fingerprint density at radius 3 is 2.53 bits per heavy atom. The molecule has 0 aromatic carbocycles. The number of hydrogen-bond donors (Lipinski definition) is 1. The van der Waals surface area contributed by atoms with Crippen LogP contribution in [-0.2, 0) is 9.59 Å². The summed E-state index contributed by atoms with van der Waals surface area (Å²) in [7, 11) is 1.38. The fourth-order valence-corrected chi connectivity index (χ4v) is 1.81. The van der Waals surface area contributed by atoms with Crippen LogP contribution in [0.25, 0.3) is 0 Å². The van der Waals surface area contributed by atoms with Gasteiger partial charge in [-0.1, -0.05) is 20.3 Å². The molecule has 0 aromatic rings. The number of carbonyl (C=O) groups is 3. The van der Waals surface area contributed by atoms with Gasteiger partial charge in [-0.25, -0.2) is 4.79 Å². The van der Waals surface area contributed by atoms with Crippen molar-refractivity contribution < 1.29 is 14.4 Å². The van der Waals surface area contributed by atoms with Crippen molar-refractivity contribution in [2.75, 3.05) is 7.05 Å². The molecule has 0 aromatic heterocycles. The van der Waals surface area contributed by atoms with Gasteiger partial charge in [0.15, 0.2) is 0 Å². The van der Waals surface area contributed by atoms with Gasteiger partial charge in [0, 0.05) is 7.05 Å². The Kier molecular flexibility index (Phi) is 3.44. The molecule has 2 atom stereocenters. The maximum Gasteiger partial charge on any atom is 0.330 e. The highest BCUT2D eigenvalue weighted by Gasteiger charge is 2.41. The quantitative estimate of drug-likeness (QED) is 0.702. The Balaban J connectivity index is 2.83. The molecule has 1 fully saturated rings. The van der Waals surface area contributed by atoms with Gasteiger partial charge in [-0.05, 0) is 12.3 Å². The molecule has 4 amide bonds. The van der Waals surface area contributed by atoms with Crippen molar-refractivity contribution in [3.05, 3.63) is 0 Å². The molecule has 5 heteroatoms. The van der Waals surface area contributed by atoms with E-state index in [1.807, 2.05) is 13.8 Å². The molecular formula is C10H16N2O3. The molecule has 0 saturated carbocycles. The van der Waals surface area contributed by atoms with E-state index >= 15 is 0 Å². The third-order valence-electron chi connectivity index (χ3n) is 2.73. The zero-order valence-corrected chi connectivity index (χ0v) is 9.24. The van der Waals surface area contributed by atoms with Crippen molar-refractivity contribution in [2.45, 2.75) is 26.7 Å². The summed E-state index contributed by atoms with van der Waals surface area (Å²) in [4.78, 5) is 35.3. The summed E-state index contributed by atoms with van der Waals surface area (Å²) in [6, 6.07) is -0.634. The molecule has 0 spiro atoms. The number of amides is 4. The van der Waals surface area contributed by atoms with E-state index in [4.69, 9.17) is 0 Å². The summed E-state index contributed by atoms with van der Waals surface area (Å²) >= 11 is 0. The summed E-state index contributed by atoms with van der Waals surface area (Å²) in [6.07, 6.45) is 1.71. The Hall–Kier alpha value is -1.39. The first kappa shape index (κ1) is 11.7. The number of carbonyl (C=O) groups excluding carboxylic acids is 3. The number of hydrogen-bond acceptors (Lipinski definition) is 3. The van der Waals surface area contributed by atoms with Crippen molar-refractivity contribution in [1.29, 1.82) is 0 Å². The second-order valence-corrected chi connectivity index (χ2v) is 3.94. The summed E-state index contributed by atoms with van der Waals surface area (Å²) in [6.45, 7) is 3.85. The summed E-state index contributed by atoms with van der Waals surface area (Å²) in [5.41, 5.74) is 0. The van der Waals surface area contributed by atoms with E-state index in [0.29, 0.717) is 0 Å². The second-order valence-electron chi connectivity index (χ2n) is 3.94. The van der Waals surface area contributed by atoms with E-state index in [9.17, 15) is 14.4 Å². The first-order chi connectivity index (χ1) is 6.99. The predicted octanol–water partition coefficient (Wildman–Crippen LogP) is 0.747. The first-order valence-electron chi connectivity index (χ1n) is 5.11. The van der Waals surface area contributed by atoms with Crippen LogP contribution >= 0.6 is 0 Å². The molecule has 1 N–H and O–H groups in total. The molecule has 15 heavy (non-hydrogen) atoms. The Morgan fingerprint density at radius 1 is 1.40 bits per heavy atom. The number of imide groups is 2. The van der Waals surface area contributed by atoms with E-state index in [-0.39, 0.29) is 5.92 Å². The monoisotopic (exact) mass is 212 g/mol. The second kappa shape index (κ2) is 4.42. The number of nitrogens with zero attached hydrogens (tertiary/aromatic N) is 1. The fraction of sp³-hybridized carbons (Fsp3) is 0.700. The largest absolute Gasteiger partial charge is 0.330 e. The standard InChI is InChI=1S/C10H16N2O3/c1-4-5-6(2)7-8(13)11-10(15)12(3)9(7)14/h6-7H,4-5H2,1-3H3,(H,11,13,15). The molecule has 1 saturated heterocycles. The van der Waals surface area contributed by atoms with Crippen LogP contribution in [-0.4, -0.2) is 29.8 Å². The van der Waals surface area contributed by atoms with E-state index < -0.39 is 23.8 Å². The van der Waals surface area contributed by atoms with Crippen LogP contribution in [0.15, 0.2) is 0 Å². The molecule has 2 unspecified atom stereocenters. The van der Waals surface area contributed by atoms with Gasteiger partial charge >= 0.3 is 6.03 Å². The topological polar surface area (TPSA) is 66.5 Å². The van der Waals surface area contributed by atoms with Crippen molar-refractivity contribution in [2.24, 2.45) is 11.8 Å². The van der Waals surface area contributed by atoms with Crippen molar-refractivity contribution in [1.82, 2.24) is 10.2 Å². The van der Waals surface area contributed by atoms with Crippen molar-refractivity contribution >= 4 is 17.8 Å². The third-order valence-corrected chi connectivity index (χ3v) is 2.73. The Bertz CT molecular complexity index is 301. The predicted molar refractivity (Wildman–Crippen MR) is 53.9 cm³/mol. The smallest absolute Gasteiger partial charge is 0.277 e. The van der Waals surface area contributed by atoms with Gasteiger partial charge in [0.25, 0.3) is 0 Å². The van der Waals surface area contributed by atoms with Gasteiger partial charge in [-0.2, -0.15) is 0 Å². The lowest BCUT2D eigenvalue weighted by atomic mass is 9.87. The highest BCUT2D eigenvalue weighted by atomic mass is 16.2. The van der Waals surface area contributed by atoms with Crippen molar-refractivity contribution in [3.63, 3.8) is 0 Å². The average Bonchev–Trinajstić information content (AvgIpc) is 2.15. The van der Waals surface area contributed by atoms with Gasteiger partial charge in [0.1, 0.15) is 5.92 Å². The van der Waals surface area contributed by atoms with Crippen LogP contribution in [0.5, 0.6) is 0 Å². The highest BCUT2D eigenvalue weighted by molar-refractivity contribution is 6.16. The molecule has 1 aliphatic heterocycles. The number of rotatable bonds is 3. The van der Waals surface area contributed by atoms with E-state index in [1.165, 1.54) is 7.05 Å². The minimum atomic E-state index is -0.715. The molecule has 0 bridgehead atoms. The molecular weight excluding hydrogens is 196 g/mol. The number of nitrogens with one attached hydrogen (secondary N) is 1. The van der Waals surface area contributed by atoms with Crippen LogP contribution in [0.3, 0.4) is 0 Å². The summed E-state index contributed by atoms with van der Waals surface area (Å²) < 4.78 is 0. The lowest BCUT2D eigenvalue weighted by molar-refractivity contribution is -0.144. The normalized spacial score (nSPS) is 24.1. The van der Waals surface area contributed by atoms with E-state index in [0.717, 1.165) is 17.7 Å². The van der Waals surface area contributed by atoms with Crippen molar-refractivity contribution in [3.8, 4) is 0 Å². The maximum atomic E-state index is 11.7. The SMILES string of the molecule is CCCC(C)C1C(=O)NC(=O)N(C)C1=O. The lowest BCUT2D eigenvalue weighted by Gasteiger charge is -2.30. The minimum Gasteiger partial charge on any atom is -0.277 e. The molecule has 1 rings (SSSR count). The minimum absolute atomic E-state index is 0.0296. The lowest BCUT2D eigenvalue weighted by Crippen LogP contribution is -2.57. The van der Waals surface area contributed by atoms with E-state index in [2.05, 4.69) is 5.32 Å². The molecule has 0 aliphatic carbocycles. The third kappa shape index (κ3) is 2.16. The Labute approximate surface area is 88.8 Å². The fourth-order valence-electron chi connectivity index (χ4n) is 1.81. The molecule has 1 heterocycles. The van der Waals surface area contributed by atoms with Gasteiger partial charge in [-0.3, -0.25) is 19.8 Å². The van der Waals surface area contributed by atoms with Gasteiger partial charge in [0.2, 0.25) is 11.8 Å². The van der Waals surface area contributed by atoms with Gasteiger partial charge in [0.05, 0.1) is 0 Å². The zero-order valence-electron chi connectivity index (χ0n) is 9.24. The molecule has 1 aliphatic rings. The van der Waals surface area contributed by atoms with E-state index in [1.54, 1.807) is 0 Å². The van der Waals surface area contributed by atoms with Crippen LogP contribution in [0.4, 0.5) is 4.79 Å². The van der Waals surface area contributed by atoms with Crippen LogP contribution < -0.4 is 5.32 Å². The van der Waals surface area contributed by atoms with Crippen LogP contribution in [0, 0.1) is 11.8 Å². The van der Waals surface area contributed by atoms with Crippen LogP contribution in [0.2, 0.25) is 0 Å². The molecule has 0 radical (unpaired) electrons. The first-order valence-corrected chi connectivity index (χ1v) is 5.11. The average molecular weight is 212 g/mol. The summed E-state index contributed by atoms with van der Waals surface area (Å²) in [5.74, 6) is -1.61. The molecule has 84 valence electrons. The summed E-state index contributed by atoms with van der Waals surface area (Å²) in [5, 5.41) is 2.18. The highest BCUT2D eigenvalue weighted by Crippen LogP contribution is 2.22. The molecule has 5 nitrogen and oxygen atoms in total. The maximum absolute atomic E-state index is 11.7. The van der Waals surface area contributed by atoms with Gasteiger partial charge in [-0.15, -0.1) is 0 Å². The Morgan fingerprint density at radius 2 is 2.00 bits per heavy atom. The van der Waals surface area contributed by atoms with Gasteiger partial charge < -0.3 is 0 Å². The number of urea groups is 1. The number of barbiturate groups is 1.